The lowest BCUT2D eigenvalue weighted by molar-refractivity contribution is 0.337. The van der Waals surface area contributed by atoms with Gasteiger partial charge >= 0.3 is 0 Å². The van der Waals surface area contributed by atoms with Gasteiger partial charge < -0.3 is 19.7 Å². The average molecular weight is 356 g/mol. The average Bonchev–Trinajstić information content (AvgIpc) is 2.61. The molecule has 0 bridgehead atoms. The van der Waals surface area contributed by atoms with Gasteiger partial charge in [-0.25, -0.2) is 0 Å². The molecular weight excluding hydrogens is 332 g/mol. The number of ether oxygens (including phenoxy) is 2. The molecule has 0 aliphatic heterocycles. The summed E-state index contributed by atoms with van der Waals surface area (Å²) in [4.78, 5) is 8.50. The van der Waals surface area contributed by atoms with Crippen molar-refractivity contribution in [1.82, 2.24) is 0 Å². The third-order valence-electron chi connectivity index (χ3n) is 3.44. The van der Waals surface area contributed by atoms with Gasteiger partial charge in [0, 0.05) is 35.7 Å². The molecule has 0 amide bonds. The highest BCUT2D eigenvalue weighted by Crippen LogP contribution is 2.23. The molecule has 0 fully saturated rings. The van der Waals surface area contributed by atoms with Crippen molar-refractivity contribution >= 4 is 12.4 Å². The second kappa shape index (κ2) is 10.1. The summed E-state index contributed by atoms with van der Waals surface area (Å²) >= 11 is 0. The molecule has 26 heavy (non-hydrogen) atoms. The summed E-state index contributed by atoms with van der Waals surface area (Å²) < 4.78 is 10.6. The minimum Gasteiger partial charge on any atom is -0.507 e. The van der Waals surface area contributed by atoms with Crippen LogP contribution in [0.15, 0.2) is 46.4 Å². The molecule has 2 N–H and O–H groups in total. The Labute approximate surface area is 153 Å². The number of aromatic hydroxyl groups is 2. The zero-order valence-corrected chi connectivity index (χ0v) is 15.1. The summed E-state index contributed by atoms with van der Waals surface area (Å²) in [5.74, 6) is 1.51. The Hall–Kier alpha value is -3.02. The topological polar surface area (TPSA) is 83.6 Å². The van der Waals surface area contributed by atoms with Gasteiger partial charge in [-0.2, -0.15) is 0 Å². The van der Waals surface area contributed by atoms with E-state index in [-0.39, 0.29) is 11.5 Å². The fraction of sp³-hybridized carbons (Fsp3) is 0.300. The Bertz CT molecular complexity index is 707. The summed E-state index contributed by atoms with van der Waals surface area (Å²) in [6.45, 7) is 5.82. The van der Waals surface area contributed by atoms with E-state index in [1.807, 2.05) is 13.8 Å². The maximum Gasteiger partial charge on any atom is 0.128 e. The highest BCUT2D eigenvalue weighted by molar-refractivity contribution is 5.84. The third-order valence-corrected chi connectivity index (χ3v) is 3.44. The monoisotopic (exact) mass is 356 g/mol. The van der Waals surface area contributed by atoms with E-state index in [1.54, 1.807) is 48.8 Å². The van der Waals surface area contributed by atoms with Crippen molar-refractivity contribution in [2.75, 3.05) is 26.3 Å². The van der Waals surface area contributed by atoms with Crippen molar-refractivity contribution in [3.63, 3.8) is 0 Å². The summed E-state index contributed by atoms with van der Waals surface area (Å²) in [5.41, 5.74) is 1.25. The molecule has 0 unspecified atom stereocenters. The number of hydrogen-bond donors (Lipinski definition) is 2. The summed E-state index contributed by atoms with van der Waals surface area (Å²) in [5, 5.41) is 19.8. The normalized spacial score (nSPS) is 11.3. The Balaban J connectivity index is 1.84. The van der Waals surface area contributed by atoms with Crippen molar-refractivity contribution in [2.45, 2.75) is 13.8 Å². The van der Waals surface area contributed by atoms with Gasteiger partial charge in [-0.15, -0.1) is 0 Å². The number of nitrogens with zero attached hydrogens (tertiary/aromatic N) is 2. The number of rotatable bonds is 9. The van der Waals surface area contributed by atoms with E-state index in [1.165, 1.54) is 0 Å². The zero-order valence-electron chi connectivity index (χ0n) is 15.1. The van der Waals surface area contributed by atoms with Crippen LogP contribution in [0.25, 0.3) is 0 Å². The lowest BCUT2D eigenvalue weighted by Gasteiger charge is -2.05. The van der Waals surface area contributed by atoms with Crippen molar-refractivity contribution in [3.05, 3.63) is 47.5 Å². The number of phenolic OH excluding ortho intramolecular Hbond substituents is 2. The summed E-state index contributed by atoms with van der Waals surface area (Å²) in [6, 6.07) is 10.2. The third kappa shape index (κ3) is 5.81. The van der Waals surface area contributed by atoms with Crippen LogP contribution in [0.1, 0.15) is 25.0 Å². The Kier molecular flexibility index (Phi) is 7.49. The van der Waals surface area contributed by atoms with E-state index in [0.717, 1.165) is 0 Å². The Morgan fingerprint density at radius 1 is 0.769 bits per heavy atom. The van der Waals surface area contributed by atoms with Gasteiger partial charge in [0.1, 0.15) is 23.0 Å². The van der Waals surface area contributed by atoms with Crippen molar-refractivity contribution in [1.29, 1.82) is 0 Å². The fourth-order valence-electron chi connectivity index (χ4n) is 2.22. The van der Waals surface area contributed by atoms with Gasteiger partial charge in [-0.1, -0.05) is 0 Å². The predicted molar refractivity (Wildman–Crippen MR) is 103 cm³/mol. The van der Waals surface area contributed by atoms with Gasteiger partial charge in [-0.05, 0) is 38.1 Å². The first-order valence-corrected chi connectivity index (χ1v) is 8.55. The SMILES string of the molecule is CCOc1ccc(C=NCCN=Cc2ccc(OCC)cc2O)c(O)c1. The maximum atomic E-state index is 9.92. The van der Waals surface area contributed by atoms with Crippen LogP contribution in [-0.4, -0.2) is 48.9 Å². The number of hydrogen-bond acceptors (Lipinski definition) is 6. The van der Waals surface area contributed by atoms with Crippen molar-refractivity contribution in [3.8, 4) is 23.0 Å². The molecule has 6 heteroatoms. The molecule has 0 aliphatic rings. The van der Waals surface area contributed by atoms with Crippen LogP contribution in [0.2, 0.25) is 0 Å². The molecule has 0 aromatic heterocycles. The number of benzene rings is 2. The first kappa shape index (κ1) is 19.3. The molecular formula is C20H24N2O4. The molecule has 0 heterocycles. The minimum atomic E-state index is 0.127. The first-order chi connectivity index (χ1) is 12.6. The van der Waals surface area contributed by atoms with Gasteiger partial charge in [0.05, 0.1) is 26.3 Å². The van der Waals surface area contributed by atoms with E-state index in [0.29, 0.717) is 48.9 Å². The van der Waals surface area contributed by atoms with Crippen LogP contribution < -0.4 is 9.47 Å². The molecule has 2 aromatic rings. The van der Waals surface area contributed by atoms with Crippen LogP contribution >= 0.6 is 0 Å². The molecule has 0 radical (unpaired) electrons. The predicted octanol–water partition coefficient (Wildman–Crippen LogP) is 3.43. The number of phenols is 2. The molecule has 2 rings (SSSR count). The van der Waals surface area contributed by atoms with Gasteiger partial charge in [0.25, 0.3) is 0 Å². The van der Waals surface area contributed by atoms with Crippen molar-refractivity contribution in [2.24, 2.45) is 9.98 Å². The van der Waals surface area contributed by atoms with E-state index < -0.39 is 0 Å². The second-order valence-corrected chi connectivity index (χ2v) is 5.38. The first-order valence-electron chi connectivity index (χ1n) is 8.55. The largest absolute Gasteiger partial charge is 0.507 e. The van der Waals surface area contributed by atoms with Gasteiger partial charge in [0.2, 0.25) is 0 Å². The smallest absolute Gasteiger partial charge is 0.128 e. The van der Waals surface area contributed by atoms with Crippen LogP contribution in [0.3, 0.4) is 0 Å². The molecule has 0 spiro atoms. The quantitative estimate of drug-likeness (QED) is 0.532. The van der Waals surface area contributed by atoms with Crippen LogP contribution in [-0.2, 0) is 0 Å². The molecule has 2 aromatic carbocycles. The summed E-state index contributed by atoms with van der Waals surface area (Å²) in [6.07, 6.45) is 3.21. The van der Waals surface area contributed by atoms with Crippen LogP contribution in [0.5, 0.6) is 23.0 Å². The maximum absolute atomic E-state index is 9.92. The summed E-state index contributed by atoms with van der Waals surface area (Å²) in [7, 11) is 0. The Morgan fingerprint density at radius 2 is 1.19 bits per heavy atom. The molecule has 0 saturated heterocycles. The minimum absolute atomic E-state index is 0.127. The fourth-order valence-corrected chi connectivity index (χ4v) is 2.22. The molecule has 0 atom stereocenters. The van der Waals surface area contributed by atoms with Crippen LogP contribution in [0.4, 0.5) is 0 Å². The molecule has 0 saturated carbocycles. The van der Waals surface area contributed by atoms with E-state index in [4.69, 9.17) is 9.47 Å². The standard InChI is InChI=1S/C20H24N2O4/c1-3-25-17-7-5-15(19(23)11-17)13-21-9-10-22-14-16-6-8-18(26-4-2)12-20(16)24/h5-8,11-14,23-24H,3-4,9-10H2,1-2H3. The molecule has 0 aliphatic carbocycles. The molecule has 6 nitrogen and oxygen atoms in total. The van der Waals surface area contributed by atoms with E-state index in [9.17, 15) is 10.2 Å². The second-order valence-electron chi connectivity index (χ2n) is 5.38. The van der Waals surface area contributed by atoms with E-state index >= 15 is 0 Å². The van der Waals surface area contributed by atoms with Gasteiger partial charge in [-0.3, -0.25) is 9.98 Å². The number of aliphatic imine (C=N–C) groups is 2. The highest BCUT2D eigenvalue weighted by Gasteiger charge is 2.01. The zero-order chi connectivity index (χ0) is 18.8. The highest BCUT2D eigenvalue weighted by atomic mass is 16.5. The lowest BCUT2D eigenvalue weighted by atomic mass is 10.2. The van der Waals surface area contributed by atoms with E-state index in [2.05, 4.69) is 9.98 Å². The van der Waals surface area contributed by atoms with Gasteiger partial charge in [0.15, 0.2) is 0 Å². The van der Waals surface area contributed by atoms with Crippen molar-refractivity contribution < 1.29 is 19.7 Å². The lowest BCUT2D eigenvalue weighted by Crippen LogP contribution is -1.94. The van der Waals surface area contributed by atoms with Crippen LogP contribution in [0, 0.1) is 0 Å². The molecule has 138 valence electrons. The Morgan fingerprint density at radius 3 is 1.54 bits per heavy atom.